The molecule has 96 valence electrons. The number of aromatic nitrogens is 1. The van der Waals surface area contributed by atoms with Crippen molar-refractivity contribution in [3.63, 3.8) is 0 Å². The SMILES string of the molecule is CCOC(=O)C(N)c1c[nH]c2ccc(Br)c(F)c12. The van der Waals surface area contributed by atoms with Crippen molar-refractivity contribution < 1.29 is 13.9 Å². The lowest BCUT2D eigenvalue weighted by molar-refractivity contribution is -0.144. The predicted octanol–water partition coefficient (Wildman–Crippen LogP) is 2.63. The van der Waals surface area contributed by atoms with E-state index in [1.54, 1.807) is 19.1 Å². The molecule has 0 amide bonds. The molecule has 0 saturated heterocycles. The van der Waals surface area contributed by atoms with Crippen LogP contribution in [0.2, 0.25) is 0 Å². The Morgan fingerprint density at radius 1 is 1.61 bits per heavy atom. The number of esters is 1. The second-order valence-electron chi connectivity index (χ2n) is 3.76. The number of benzene rings is 1. The van der Waals surface area contributed by atoms with Gasteiger partial charge in [-0.2, -0.15) is 0 Å². The monoisotopic (exact) mass is 314 g/mol. The second kappa shape index (κ2) is 5.07. The molecular formula is C12H12BrFN2O2. The van der Waals surface area contributed by atoms with Crippen LogP contribution in [0, 0.1) is 5.82 Å². The van der Waals surface area contributed by atoms with E-state index in [4.69, 9.17) is 10.5 Å². The number of nitrogens with two attached hydrogens (primary N) is 1. The van der Waals surface area contributed by atoms with Gasteiger partial charge in [-0.1, -0.05) is 0 Å². The first-order valence-electron chi connectivity index (χ1n) is 5.43. The number of nitrogens with one attached hydrogen (secondary N) is 1. The zero-order chi connectivity index (χ0) is 13.3. The van der Waals surface area contributed by atoms with Crippen LogP contribution in [0.1, 0.15) is 18.5 Å². The Bertz CT molecular complexity index is 597. The molecule has 0 spiro atoms. The number of H-pyrrole nitrogens is 1. The lowest BCUT2D eigenvalue weighted by Crippen LogP contribution is -2.23. The lowest BCUT2D eigenvalue weighted by Gasteiger charge is -2.10. The molecule has 1 unspecified atom stereocenters. The lowest BCUT2D eigenvalue weighted by atomic mass is 10.1. The van der Waals surface area contributed by atoms with Gasteiger partial charge in [0.1, 0.15) is 11.9 Å². The van der Waals surface area contributed by atoms with Crippen molar-refractivity contribution in [1.82, 2.24) is 4.98 Å². The number of rotatable bonds is 3. The molecule has 1 aromatic heterocycles. The summed E-state index contributed by atoms with van der Waals surface area (Å²) >= 11 is 3.11. The van der Waals surface area contributed by atoms with Gasteiger partial charge in [0.15, 0.2) is 0 Å². The first kappa shape index (κ1) is 13.0. The average Bonchev–Trinajstić information content (AvgIpc) is 2.77. The number of aromatic amines is 1. The minimum Gasteiger partial charge on any atom is -0.465 e. The third kappa shape index (κ3) is 2.13. The van der Waals surface area contributed by atoms with Crippen LogP contribution < -0.4 is 5.73 Å². The van der Waals surface area contributed by atoms with Crippen LogP contribution in [0.4, 0.5) is 4.39 Å². The molecule has 2 rings (SSSR count). The number of halogens is 2. The first-order valence-corrected chi connectivity index (χ1v) is 6.22. The van der Waals surface area contributed by atoms with Crippen molar-refractivity contribution in [1.29, 1.82) is 0 Å². The van der Waals surface area contributed by atoms with E-state index in [9.17, 15) is 9.18 Å². The fourth-order valence-electron chi connectivity index (χ4n) is 1.79. The van der Waals surface area contributed by atoms with E-state index < -0.39 is 17.8 Å². The Labute approximate surface area is 111 Å². The van der Waals surface area contributed by atoms with Gasteiger partial charge in [0, 0.05) is 22.7 Å². The normalized spacial score (nSPS) is 12.7. The van der Waals surface area contributed by atoms with Gasteiger partial charge in [0.05, 0.1) is 11.1 Å². The molecule has 2 aromatic rings. The molecule has 18 heavy (non-hydrogen) atoms. The van der Waals surface area contributed by atoms with Gasteiger partial charge in [-0.3, -0.25) is 0 Å². The Hall–Kier alpha value is -1.40. The van der Waals surface area contributed by atoms with Crippen LogP contribution >= 0.6 is 15.9 Å². The maximum atomic E-state index is 14.0. The van der Waals surface area contributed by atoms with Crippen molar-refractivity contribution in [3.8, 4) is 0 Å². The quantitative estimate of drug-likeness (QED) is 0.856. The Balaban J connectivity index is 2.51. The number of ether oxygens (including phenoxy) is 1. The van der Waals surface area contributed by atoms with E-state index in [1.807, 2.05) is 0 Å². The highest BCUT2D eigenvalue weighted by molar-refractivity contribution is 9.10. The number of carbonyl (C=O) groups excluding carboxylic acids is 1. The van der Waals surface area contributed by atoms with Crippen LogP contribution in [0.5, 0.6) is 0 Å². The summed E-state index contributed by atoms with van der Waals surface area (Å²) in [6.45, 7) is 1.93. The predicted molar refractivity (Wildman–Crippen MR) is 69.5 cm³/mol. The van der Waals surface area contributed by atoms with Crippen LogP contribution in [0.15, 0.2) is 22.8 Å². The number of hydrogen-bond donors (Lipinski definition) is 2. The summed E-state index contributed by atoms with van der Waals surface area (Å²) in [4.78, 5) is 14.5. The van der Waals surface area contributed by atoms with Crippen molar-refractivity contribution >= 4 is 32.8 Å². The van der Waals surface area contributed by atoms with E-state index in [2.05, 4.69) is 20.9 Å². The number of fused-ring (bicyclic) bond motifs is 1. The van der Waals surface area contributed by atoms with E-state index in [1.165, 1.54) is 6.20 Å². The van der Waals surface area contributed by atoms with Gasteiger partial charge in [0.25, 0.3) is 0 Å². The Morgan fingerprint density at radius 2 is 2.33 bits per heavy atom. The van der Waals surface area contributed by atoms with Gasteiger partial charge in [-0.25, -0.2) is 9.18 Å². The maximum absolute atomic E-state index is 14.0. The molecule has 4 nitrogen and oxygen atoms in total. The van der Waals surface area contributed by atoms with Gasteiger partial charge in [-0.05, 0) is 35.0 Å². The third-order valence-corrected chi connectivity index (χ3v) is 3.25. The highest BCUT2D eigenvalue weighted by atomic mass is 79.9. The summed E-state index contributed by atoms with van der Waals surface area (Å²) in [5, 5.41) is 0.310. The first-order chi connectivity index (χ1) is 8.56. The second-order valence-corrected chi connectivity index (χ2v) is 4.61. The third-order valence-electron chi connectivity index (χ3n) is 2.64. The topological polar surface area (TPSA) is 68.1 Å². The summed E-state index contributed by atoms with van der Waals surface area (Å²) in [5.41, 5.74) is 6.76. The fraction of sp³-hybridized carbons (Fsp3) is 0.250. The molecule has 0 aliphatic heterocycles. The highest BCUT2D eigenvalue weighted by Crippen LogP contribution is 2.30. The molecule has 0 fully saturated rings. The van der Waals surface area contributed by atoms with Crippen molar-refractivity contribution in [2.24, 2.45) is 5.73 Å². The van der Waals surface area contributed by atoms with Crippen molar-refractivity contribution in [2.45, 2.75) is 13.0 Å². The van der Waals surface area contributed by atoms with Crippen molar-refractivity contribution in [2.75, 3.05) is 6.61 Å². The Morgan fingerprint density at radius 3 is 3.00 bits per heavy atom. The van der Waals surface area contributed by atoms with Crippen LogP contribution in [0.25, 0.3) is 10.9 Å². The molecule has 0 saturated carbocycles. The zero-order valence-electron chi connectivity index (χ0n) is 9.67. The van der Waals surface area contributed by atoms with Gasteiger partial charge >= 0.3 is 5.97 Å². The maximum Gasteiger partial charge on any atom is 0.327 e. The van der Waals surface area contributed by atoms with Gasteiger partial charge in [0.2, 0.25) is 0 Å². The molecule has 3 N–H and O–H groups in total. The summed E-state index contributed by atoms with van der Waals surface area (Å²) in [6, 6.07) is 2.31. The van der Waals surface area contributed by atoms with Crippen LogP contribution in [0.3, 0.4) is 0 Å². The molecule has 6 heteroatoms. The molecule has 0 bridgehead atoms. The molecule has 1 atom stereocenters. The minimum absolute atomic E-state index is 0.237. The van der Waals surface area contributed by atoms with E-state index in [0.29, 0.717) is 20.9 Å². The molecule has 0 radical (unpaired) electrons. The van der Waals surface area contributed by atoms with Crippen LogP contribution in [-0.2, 0) is 9.53 Å². The number of carbonyl (C=O) groups is 1. The van der Waals surface area contributed by atoms with E-state index in [-0.39, 0.29) is 6.61 Å². The summed E-state index contributed by atoms with van der Waals surface area (Å²) in [6.07, 6.45) is 1.53. The van der Waals surface area contributed by atoms with Crippen molar-refractivity contribution in [3.05, 3.63) is 34.2 Å². The number of hydrogen-bond acceptors (Lipinski definition) is 3. The largest absolute Gasteiger partial charge is 0.465 e. The molecular weight excluding hydrogens is 303 g/mol. The summed E-state index contributed by atoms with van der Waals surface area (Å²) < 4.78 is 19.2. The molecule has 1 heterocycles. The fourth-order valence-corrected chi connectivity index (χ4v) is 2.12. The smallest absolute Gasteiger partial charge is 0.327 e. The zero-order valence-corrected chi connectivity index (χ0v) is 11.3. The minimum atomic E-state index is -0.998. The summed E-state index contributed by atoms with van der Waals surface area (Å²) in [7, 11) is 0. The van der Waals surface area contributed by atoms with E-state index >= 15 is 0 Å². The average molecular weight is 315 g/mol. The Kier molecular flexibility index (Phi) is 3.68. The molecule has 1 aromatic carbocycles. The molecule has 0 aliphatic carbocycles. The van der Waals surface area contributed by atoms with E-state index in [0.717, 1.165) is 0 Å². The van der Waals surface area contributed by atoms with Gasteiger partial charge < -0.3 is 15.5 Å². The van der Waals surface area contributed by atoms with Gasteiger partial charge in [-0.15, -0.1) is 0 Å². The standard InChI is InChI=1S/C12H12BrFN2O2/c1-2-18-12(17)11(15)6-5-16-8-4-3-7(13)10(14)9(6)8/h3-5,11,16H,2,15H2,1H3. The molecule has 0 aliphatic rings. The van der Waals surface area contributed by atoms with Crippen LogP contribution in [-0.4, -0.2) is 17.6 Å². The summed E-state index contributed by atoms with van der Waals surface area (Å²) in [5.74, 6) is -1.01. The highest BCUT2D eigenvalue weighted by Gasteiger charge is 2.23.